The standard InChI is InChI=1S/C64H94O6/c1-7-13-19-25-47-65-59-45-43-57(61(67-49-27-21-15-9-3)63(59)69-51-29-23-17-11-5)41-35-53-31-37-55(38-32-53)56-39-33-54(34-40-56)36-42-58-44-46-60(66-48-26-20-14-8-2)64(70-52-30-24-18-12-6)62(58)68-50-28-22-16-10-4/h31-46H,7-30,47-52H2,1-6H3. The molecule has 0 N–H and O–H groups in total. The van der Waals surface area contributed by atoms with E-state index in [1.165, 1.54) is 101 Å². The fraction of sp³-hybridized carbons (Fsp3) is 0.562. The first-order valence-electron chi connectivity index (χ1n) is 28.2. The lowest BCUT2D eigenvalue weighted by atomic mass is 10.0. The number of benzene rings is 4. The Balaban J connectivity index is 1.54. The molecule has 0 fully saturated rings. The molecule has 0 aromatic heterocycles. The molecule has 0 saturated carbocycles. The maximum atomic E-state index is 6.61. The van der Waals surface area contributed by atoms with Gasteiger partial charge < -0.3 is 28.4 Å². The Kier molecular flexibility index (Phi) is 30.5. The van der Waals surface area contributed by atoms with Gasteiger partial charge in [0, 0.05) is 11.1 Å². The van der Waals surface area contributed by atoms with E-state index < -0.39 is 0 Å². The zero-order chi connectivity index (χ0) is 49.7. The lowest BCUT2D eigenvalue weighted by Crippen LogP contribution is -2.07. The fourth-order valence-corrected chi connectivity index (χ4v) is 8.36. The molecular formula is C64H94O6. The first-order chi connectivity index (χ1) is 34.6. The van der Waals surface area contributed by atoms with E-state index in [-0.39, 0.29) is 0 Å². The van der Waals surface area contributed by atoms with Crippen LogP contribution in [0.1, 0.15) is 218 Å². The van der Waals surface area contributed by atoms with Gasteiger partial charge in [0.25, 0.3) is 0 Å². The molecule has 70 heavy (non-hydrogen) atoms. The minimum Gasteiger partial charge on any atom is -0.490 e. The predicted octanol–water partition coefficient (Wildman–Crippen LogP) is 19.4. The summed E-state index contributed by atoms with van der Waals surface area (Å²) in [6.07, 6.45) is 36.3. The van der Waals surface area contributed by atoms with Crippen molar-refractivity contribution in [3.05, 3.63) is 95.1 Å². The Morgan fingerprint density at radius 3 is 0.814 bits per heavy atom. The van der Waals surface area contributed by atoms with Gasteiger partial charge in [-0.3, -0.25) is 0 Å². The lowest BCUT2D eigenvalue weighted by molar-refractivity contribution is 0.234. The van der Waals surface area contributed by atoms with Crippen LogP contribution < -0.4 is 28.4 Å². The average Bonchev–Trinajstić information content (AvgIpc) is 3.38. The van der Waals surface area contributed by atoms with E-state index in [2.05, 4.69) is 139 Å². The molecule has 0 bridgehead atoms. The average molecular weight is 959 g/mol. The summed E-state index contributed by atoms with van der Waals surface area (Å²) in [4.78, 5) is 0. The Labute approximate surface area is 427 Å². The van der Waals surface area contributed by atoms with Crippen LogP contribution in [-0.4, -0.2) is 39.6 Å². The van der Waals surface area contributed by atoms with Crippen molar-refractivity contribution in [3.8, 4) is 45.6 Å². The summed E-state index contributed by atoms with van der Waals surface area (Å²) in [5, 5.41) is 0. The largest absolute Gasteiger partial charge is 0.490 e. The second-order valence-corrected chi connectivity index (χ2v) is 19.0. The van der Waals surface area contributed by atoms with Crippen LogP contribution in [0.15, 0.2) is 72.8 Å². The zero-order valence-electron chi connectivity index (χ0n) is 44.9. The number of unbranched alkanes of at least 4 members (excludes halogenated alkanes) is 18. The third kappa shape index (κ3) is 22.1. The number of hydrogen-bond donors (Lipinski definition) is 0. The normalized spacial score (nSPS) is 11.5. The van der Waals surface area contributed by atoms with Gasteiger partial charge in [-0.1, -0.05) is 230 Å². The summed E-state index contributed by atoms with van der Waals surface area (Å²) in [6.45, 7) is 17.4. The third-order valence-corrected chi connectivity index (χ3v) is 12.8. The highest BCUT2D eigenvalue weighted by Crippen LogP contribution is 2.43. The highest BCUT2D eigenvalue weighted by atomic mass is 16.5. The van der Waals surface area contributed by atoms with Gasteiger partial charge in [-0.05, 0) is 85.0 Å². The summed E-state index contributed by atoms with van der Waals surface area (Å²) < 4.78 is 39.1. The highest BCUT2D eigenvalue weighted by molar-refractivity contribution is 5.78. The first kappa shape index (κ1) is 57.7. The van der Waals surface area contributed by atoms with Gasteiger partial charge in [0.15, 0.2) is 23.0 Å². The molecule has 0 aliphatic rings. The molecule has 0 heterocycles. The molecule has 0 aliphatic carbocycles. The molecule has 6 nitrogen and oxygen atoms in total. The van der Waals surface area contributed by atoms with Crippen LogP contribution in [0.5, 0.6) is 34.5 Å². The summed E-state index contributed by atoms with van der Waals surface area (Å²) in [5.41, 5.74) is 6.60. The number of ether oxygens (including phenoxy) is 6. The predicted molar refractivity (Wildman–Crippen MR) is 300 cm³/mol. The van der Waals surface area contributed by atoms with Crippen molar-refractivity contribution in [2.45, 2.75) is 196 Å². The first-order valence-corrected chi connectivity index (χ1v) is 28.2. The SMILES string of the molecule is CCCCCCOc1ccc(C=Cc2ccc(-c3ccc(C=Cc4ccc(OCCCCCC)c(OCCCCCC)c4OCCCCCC)cc3)cc2)c(OCCCCCC)c1OCCCCCC. The van der Waals surface area contributed by atoms with Gasteiger partial charge >= 0.3 is 0 Å². The Morgan fingerprint density at radius 2 is 0.529 bits per heavy atom. The summed E-state index contributed by atoms with van der Waals surface area (Å²) >= 11 is 0. The van der Waals surface area contributed by atoms with E-state index >= 15 is 0 Å². The smallest absolute Gasteiger partial charge is 0.204 e. The highest BCUT2D eigenvalue weighted by Gasteiger charge is 2.19. The molecule has 0 radical (unpaired) electrons. The van der Waals surface area contributed by atoms with E-state index in [1.54, 1.807) is 0 Å². The Hall–Kier alpha value is -4.84. The lowest BCUT2D eigenvalue weighted by Gasteiger charge is -2.19. The molecule has 4 aromatic rings. The van der Waals surface area contributed by atoms with Crippen LogP contribution in [0, 0.1) is 0 Å². The van der Waals surface area contributed by atoms with Gasteiger partial charge in [0.1, 0.15) is 0 Å². The Morgan fingerprint density at radius 1 is 0.257 bits per heavy atom. The quantitative estimate of drug-likeness (QED) is 0.0326. The van der Waals surface area contributed by atoms with Crippen molar-refractivity contribution in [3.63, 3.8) is 0 Å². The van der Waals surface area contributed by atoms with Crippen molar-refractivity contribution < 1.29 is 28.4 Å². The molecule has 4 aromatic carbocycles. The van der Waals surface area contributed by atoms with Crippen LogP contribution in [0.4, 0.5) is 0 Å². The molecule has 4 rings (SSSR count). The van der Waals surface area contributed by atoms with Crippen LogP contribution in [-0.2, 0) is 0 Å². The third-order valence-electron chi connectivity index (χ3n) is 12.8. The van der Waals surface area contributed by atoms with E-state index in [0.717, 1.165) is 121 Å². The van der Waals surface area contributed by atoms with Gasteiger partial charge in [0.05, 0.1) is 39.6 Å². The van der Waals surface area contributed by atoms with Crippen LogP contribution in [0.2, 0.25) is 0 Å². The topological polar surface area (TPSA) is 55.4 Å². The van der Waals surface area contributed by atoms with Crippen LogP contribution in [0.25, 0.3) is 35.4 Å². The minimum absolute atomic E-state index is 0.651. The molecule has 386 valence electrons. The number of hydrogen-bond acceptors (Lipinski definition) is 6. The molecule has 0 spiro atoms. The minimum atomic E-state index is 0.651. The van der Waals surface area contributed by atoms with Crippen LogP contribution >= 0.6 is 0 Å². The molecule has 0 atom stereocenters. The summed E-state index contributed by atoms with van der Waals surface area (Å²) in [6, 6.07) is 26.0. The van der Waals surface area contributed by atoms with E-state index in [0.29, 0.717) is 39.6 Å². The maximum absolute atomic E-state index is 6.61. The second kappa shape index (κ2) is 37.0. The van der Waals surface area contributed by atoms with Crippen molar-refractivity contribution in [1.29, 1.82) is 0 Å². The molecular weight excluding hydrogens is 865 g/mol. The van der Waals surface area contributed by atoms with Crippen molar-refractivity contribution >= 4 is 24.3 Å². The molecule has 0 amide bonds. The zero-order valence-corrected chi connectivity index (χ0v) is 44.9. The molecule has 0 unspecified atom stereocenters. The maximum Gasteiger partial charge on any atom is 0.204 e. The molecule has 0 aliphatic heterocycles. The van der Waals surface area contributed by atoms with Gasteiger partial charge in [0.2, 0.25) is 11.5 Å². The Bertz CT molecular complexity index is 1850. The van der Waals surface area contributed by atoms with Gasteiger partial charge in [-0.2, -0.15) is 0 Å². The van der Waals surface area contributed by atoms with Crippen molar-refractivity contribution in [1.82, 2.24) is 0 Å². The van der Waals surface area contributed by atoms with Crippen LogP contribution in [0.3, 0.4) is 0 Å². The van der Waals surface area contributed by atoms with Gasteiger partial charge in [-0.15, -0.1) is 0 Å². The number of rotatable bonds is 41. The van der Waals surface area contributed by atoms with Crippen molar-refractivity contribution in [2.24, 2.45) is 0 Å². The summed E-state index contributed by atoms with van der Waals surface area (Å²) in [7, 11) is 0. The van der Waals surface area contributed by atoms with E-state index in [4.69, 9.17) is 28.4 Å². The van der Waals surface area contributed by atoms with E-state index in [9.17, 15) is 0 Å². The molecule has 6 heteroatoms. The van der Waals surface area contributed by atoms with Crippen molar-refractivity contribution in [2.75, 3.05) is 39.6 Å². The molecule has 0 saturated heterocycles. The summed E-state index contributed by atoms with van der Waals surface area (Å²) in [5.74, 6) is 4.63. The fourth-order valence-electron chi connectivity index (χ4n) is 8.36. The monoisotopic (exact) mass is 959 g/mol. The van der Waals surface area contributed by atoms with Gasteiger partial charge in [-0.25, -0.2) is 0 Å². The van der Waals surface area contributed by atoms with E-state index in [1.807, 2.05) is 0 Å². The second-order valence-electron chi connectivity index (χ2n) is 19.0.